The van der Waals surface area contributed by atoms with E-state index in [4.69, 9.17) is 0 Å². The molecule has 0 aromatic rings. The molecule has 0 aromatic carbocycles. The van der Waals surface area contributed by atoms with Gasteiger partial charge in [0.15, 0.2) is 0 Å². The van der Waals surface area contributed by atoms with Crippen molar-refractivity contribution in [2.24, 2.45) is 0 Å². The first kappa shape index (κ1) is 12.3. The average Bonchev–Trinajstić information content (AvgIpc) is 2.16. The molecule has 0 aromatic heterocycles. The van der Waals surface area contributed by atoms with Crippen LogP contribution >= 0.6 is 0 Å². The van der Waals surface area contributed by atoms with Gasteiger partial charge in [-0.05, 0) is 40.0 Å². The molecule has 2 nitrogen and oxygen atoms in total. The Bertz CT molecular complexity index is 278. The van der Waals surface area contributed by atoms with Gasteiger partial charge in [-0.1, -0.05) is 19.4 Å². The summed E-state index contributed by atoms with van der Waals surface area (Å²) in [4.78, 5) is 14.3. The van der Waals surface area contributed by atoms with Crippen LogP contribution < -0.4 is 0 Å². The molecule has 2 heteroatoms. The number of nitrogens with zero attached hydrogens (tertiary/aromatic N) is 1. The summed E-state index contributed by atoms with van der Waals surface area (Å²) in [6, 6.07) is 0.676. The SMILES string of the molecule is CCC1=C(CC)C(=O)N(C(C)C)[C@H](C)C1. The van der Waals surface area contributed by atoms with Gasteiger partial charge in [-0.3, -0.25) is 4.79 Å². The lowest BCUT2D eigenvalue weighted by molar-refractivity contribution is -0.132. The van der Waals surface area contributed by atoms with Crippen LogP contribution in [-0.2, 0) is 4.79 Å². The zero-order chi connectivity index (χ0) is 11.6. The van der Waals surface area contributed by atoms with Crippen molar-refractivity contribution >= 4 is 5.91 Å². The smallest absolute Gasteiger partial charge is 0.250 e. The van der Waals surface area contributed by atoms with Gasteiger partial charge in [-0.15, -0.1) is 0 Å². The Kier molecular flexibility index (Phi) is 3.95. The standard InChI is InChI=1S/C13H23NO/c1-6-11-8-10(5)14(9(3)4)13(15)12(11)7-2/h9-10H,6-8H2,1-5H3/t10-/m1/s1. The molecule has 0 aliphatic carbocycles. The fourth-order valence-corrected chi connectivity index (χ4v) is 2.59. The Morgan fingerprint density at radius 1 is 1.33 bits per heavy atom. The van der Waals surface area contributed by atoms with Gasteiger partial charge in [0.25, 0.3) is 0 Å². The van der Waals surface area contributed by atoms with Crippen molar-refractivity contribution < 1.29 is 4.79 Å². The van der Waals surface area contributed by atoms with Gasteiger partial charge in [0.1, 0.15) is 0 Å². The molecule has 1 aliphatic rings. The molecule has 1 heterocycles. The Morgan fingerprint density at radius 3 is 2.33 bits per heavy atom. The molecule has 0 radical (unpaired) electrons. The zero-order valence-corrected chi connectivity index (χ0v) is 10.6. The van der Waals surface area contributed by atoms with E-state index in [1.807, 2.05) is 4.90 Å². The van der Waals surface area contributed by atoms with E-state index in [1.165, 1.54) is 5.57 Å². The van der Waals surface area contributed by atoms with Crippen LogP contribution in [0.15, 0.2) is 11.1 Å². The summed E-state index contributed by atoms with van der Waals surface area (Å²) in [5.74, 6) is 0.267. The quantitative estimate of drug-likeness (QED) is 0.699. The Labute approximate surface area is 93.3 Å². The summed E-state index contributed by atoms with van der Waals surface area (Å²) in [7, 11) is 0. The fourth-order valence-electron chi connectivity index (χ4n) is 2.59. The summed E-state index contributed by atoms with van der Waals surface area (Å²) < 4.78 is 0. The maximum absolute atomic E-state index is 12.2. The lowest BCUT2D eigenvalue weighted by Crippen LogP contribution is -2.47. The Morgan fingerprint density at radius 2 is 1.93 bits per heavy atom. The van der Waals surface area contributed by atoms with Gasteiger partial charge in [0, 0.05) is 17.7 Å². The highest BCUT2D eigenvalue weighted by Crippen LogP contribution is 2.29. The van der Waals surface area contributed by atoms with E-state index in [0.717, 1.165) is 24.8 Å². The van der Waals surface area contributed by atoms with Gasteiger partial charge in [0.05, 0.1) is 0 Å². The maximum Gasteiger partial charge on any atom is 0.250 e. The van der Waals surface area contributed by atoms with Crippen LogP contribution in [-0.4, -0.2) is 22.9 Å². The maximum atomic E-state index is 12.2. The molecule has 1 rings (SSSR count). The highest BCUT2D eigenvalue weighted by atomic mass is 16.2. The monoisotopic (exact) mass is 209 g/mol. The van der Waals surface area contributed by atoms with Crippen molar-refractivity contribution in [2.45, 2.75) is 66.0 Å². The van der Waals surface area contributed by atoms with Gasteiger partial charge < -0.3 is 4.90 Å². The minimum atomic E-state index is 0.267. The van der Waals surface area contributed by atoms with Crippen LogP contribution in [0.25, 0.3) is 0 Å². The van der Waals surface area contributed by atoms with E-state index < -0.39 is 0 Å². The van der Waals surface area contributed by atoms with Crippen molar-refractivity contribution in [3.05, 3.63) is 11.1 Å². The zero-order valence-electron chi connectivity index (χ0n) is 10.6. The minimum Gasteiger partial charge on any atom is -0.333 e. The molecule has 0 N–H and O–H groups in total. The first-order chi connectivity index (χ1) is 7.02. The van der Waals surface area contributed by atoms with Crippen molar-refractivity contribution in [3.8, 4) is 0 Å². The molecule has 1 amide bonds. The molecule has 1 aliphatic heterocycles. The number of carbonyl (C=O) groups is 1. The minimum absolute atomic E-state index is 0.267. The lowest BCUT2D eigenvalue weighted by atomic mass is 9.90. The summed E-state index contributed by atoms with van der Waals surface area (Å²) >= 11 is 0. The van der Waals surface area contributed by atoms with Crippen LogP contribution in [0.4, 0.5) is 0 Å². The molecule has 0 bridgehead atoms. The molecule has 0 unspecified atom stereocenters. The van der Waals surface area contributed by atoms with Crippen LogP contribution in [0.2, 0.25) is 0 Å². The lowest BCUT2D eigenvalue weighted by Gasteiger charge is -2.38. The van der Waals surface area contributed by atoms with E-state index in [-0.39, 0.29) is 5.91 Å². The second-order valence-electron chi connectivity index (χ2n) is 4.65. The molecule has 0 saturated carbocycles. The molecular weight excluding hydrogens is 186 g/mol. The molecular formula is C13H23NO. The van der Waals surface area contributed by atoms with Crippen molar-refractivity contribution in [2.75, 3.05) is 0 Å². The number of carbonyl (C=O) groups excluding carboxylic acids is 1. The van der Waals surface area contributed by atoms with E-state index >= 15 is 0 Å². The first-order valence-electron chi connectivity index (χ1n) is 6.06. The molecule has 0 spiro atoms. The summed E-state index contributed by atoms with van der Waals surface area (Å²) in [5, 5.41) is 0. The second-order valence-corrected chi connectivity index (χ2v) is 4.65. The van der Waals surface area contributed by atoms with Gasteiger partial charge >= 0.3 is 0 Å². The van der Waals surface area contributed by atoms with Crippen molar-refractivity contribution in [1.29, 1.82) is 0 Å². The Hall–Kier alpha value is -0.790. The van der Waals surface area contributed by atoms with Crippen LogP contribution in [0.5, 0.6) is 0 Å². The molecule has 0 fully saturated rings. The summed E-state index contributed by atoms with van der Waals surface area (Å²) in [5.41, 5.74) is 2.43. The number of hydrogen-bond acceptors (Lipinski definition) is 1. The fraction of sp³-hybridized carbons (Fsp3) is 0.769. The average molecular weight is 209 g/mol. The summed E-state index contributed by atoms with van der Waals surface area (Å²) in [6.45, 7) is 10.6. The topological polar surface area (TPSA) is 20.3 Å². The third-order valence-electron chi connectivity index (χ3n) is 3.27. The third-order valence-corrected chi connectivity index (χ3v) is 3.27. The van der Waals surface area contributed by atoms with Gasteiger partial charge in [-0.25, -0.2) is 0 Å². The second kappa shape index (κ2) is 4.82. The van der Waals surface area contributed by atoms with E-state index in [2.05, 4.69) is 34.6 Å². The van der Waals surface area contributed by atoms with Crippen LogP contribution in [0.1, 0.15) is 53.9 Å². The molecule has 86 valence electrons. The number of amides is 1. The van der Waals surface area contributed by atoms with Crippen molar-refractivity contribution in [1.82, 2.24) is 4.90 Å². The number of hydrogen-bond donors (Lipinski definition) is 0. The largest absolute Gasteiger partial charge is 0.333 e. The molecule has 0 saturated heterocycles. The van der Waals surface area contributed by atoms with E-state index in [1.54, 1.807) is 0 Å². The van der Waals surface area contributed by atoms with Crippen LogP contribution in [0, 0.1) is 0 Å². The van der Waals surface area contributed by atoms with E-state index in [0.29, 0.717) is 12.1 Å². The third kappa shape index (κ3) is 2.24. The summed E-state index contributed by atoms with van der Waals surface area (Å²) in [6.07, 6.45) is 2.95. The molecule has 15 heavy (non-hydrogen) atoms. The van der Waals surface area contributed by atoms with Gasteiger partial charge in [0.2, 0.25) is 5.91 Å². The predicted molar refractivity (Wildman–Crippen MR) is 63.7 cm³/mol. The Balaban J connectivity index is 3.04. The number of rotatable bonds is 3. The normalized spacial score (nSPS) is 22.9. The first-order valence-corrected chi connectivity index (χ1v) is 6.06. The highest BCUT2D eigenvalue weighted by molar-refractivity contribution is 5.95. The van der Waals surface area contributed by atoms with Crippen molar-refractivity contribution in [3.63, 3.8) is 0 Å². The highest BCUT2D eigenvalue weighted by Gasteiger charge is 2.31. The molecule has 1 atom stereocenters. The predicted octanol–water partition coefficient (Wildman–Crippen LogP) is 3.13. The van der Waals surface area contributed by atoms with Crippen LogP contribution in [0.3, 0.4) is 0 Å². The van der Waals surface area contributed by atoms with Gasteiger partial charge in [-0.2, -0.15) is 0 Å². The van der Waals surface area contributed by atoms with E-state index in [9.17, 15) is 4.79 Å².